The standard InChI is InChI=1S/C14H24OS/c1-12(2,3)14(13(4,5)6)9-7-8-10(16)11(14)15/h7-9,11,15-16H,1-6H3. The lowest BCUT2D eigenvalue weighted by atomic mass is 9.50. The second-order valence-corrected chi connectivity index (χ2v) is 7.24. The van der Waals surface area contributed by atoms with Crippen LogP contribution in [0, 0.1) is 16.2 Å². The van der Waals surface area contributed by atoms with Crippen LogP contribution in [0.5, 0.6) is 0 Å². The fourth-order valence-electron chi connectivity index (χ4n) is 3.16. The summed E-state index contributed by atoms with van der Waals surface area (Å²) in [5.74, 6) is 0. The third-order valence-electron chi connectivity index (χ3n) is 3.82. The summed E-state index contributed by atoms with van der Waals surface area (Å²) >= 11 is 4.39. The number of aliphatic hydroxyl groups excluding tert-OH is 1. The van der Waals surface area contributed by atoms with E-state index in [1.165, 1.54) is 0 Å². The monoisotopic (exact) mass is 240 g/mol. The smallest absolute Gasteiger partial charge is 0.0946 e. The summed E-state index contributed by atoms with van der Waals surface area (Å²) in [5, 5.41) is 10.6. The van der Waals surface area contributed by atoms with Gasteiger partial charge in [0.1, 0.15) is 0 Å². The van der Waals surface area contributed by atoms with Crippen LogP contribution in [-0.2, 0) is 0 Å². The first-order valence-electron chi connectivity index (χ1n) is 5.80. The van der Waals surface area contributed by atoms with Crippen molar-refractivity contribution in [2.24, 2.45) is 16.2 Å². The molecule has 1 nitrogen and oxygen atoms in total. The van der Waals surface area contributed by atoms with Gasteiger partial charge in [0.25, 0.3) is 0 Å². The van der Waals surface area contributed by atoms with Gasteiger partial charge in [-0.2, -0.15) is 0 Å². The topological polar surface area (TPSA) is 20.2 Å². The van der Waals surface area contributed by atoms with E-state index in [0.29, 0.717) is 0 Å². The zero-order valence-corrected chi connectivity index (χ0v) is 12.1. The molecule has 0 fully saturated rings. The summed E-state index contributed by atoms with van der Waals surface area (Å²) in [4.78, 5) is 0.757. The molecule has 92 valence electrons. The zero-order chi connectivity index (χ0) is 12.8. The van der Waals surface area contributed by atoms with Gasteiger partial charge in [0.15, 0.2) is 0 Å². The number of hydrogen-bond donors (Lipinski definition) is 2. The van der Waals surface area contributed by atoms with Gasteiger partial charge in [-0.05, 0) is 10.8 Å². The average molecular weight is 240 g/mol. The van der Waals surface area contributed by atoms with Crippen LogP contribution < -0.4 is 0 Å². The van der Waals surface area contributed by atoms with Crippen molar-refractivity contribution in [2.45, 2.75) is 47.6 Å². The molecule has 0 amide bonds. The summed E-state index contributed by atoms with van der Waals surface area (Å²) in [6.07, 6.45) is 5.52. The molecular weight excluding hydrogens is 216 g/mol. The van der Waals surface area contributed by atoms with Crippen molar-refractivity contribution in [1.29, 1.82) is 0 Å². The Kier molecular flexibility index (Phi) is 3.39. The Bertz CT molecular complexity index is 312. The van der Waals surface area contributed by atoms with Gasteiger partial charge < -0.3 is 5.11 Å². The molecule has 1 rings (SSSR count). The first-order valence-corrected chi connectivity index (χ1v) is 6.25. The fourth-order valence-corrected chi connectivity index (χ4v) is 3.45. The minimum Gasteiger partial charge on any atom is -0.387 e. The third kappa shape index (κ3) is 1.86. The van der Waals surface area contributed by atoms with Gasteiger partial charge in [-0.15, -0.1) is 12.6 Å². The summed E-state index contributed by atoms with van der Waals surface area (Å²) < 4.78 is 0. The molecule has 0 saturated carbocycles. The van der Waals surface area contributed by atoms with Crippen LogP contribution in [0.1, 0.15) is 41.5 Å². The van der Waals surface area contributed by atoms with Crippen molar-refractivity contribution in [2.75, 3.05) is 0 Å². The van der Waals surface area contributed by atoms with Crippen molar-refractivity contribution in [1.82, 2.24) is 0 Å². The normalized spacial score (nSPS) is 25.5. The number of hydrogen-bond acceptors (Lipinski definition) is 2. The Morgan fingerprint density at radius 1 is 1.12 bits per heavy atom. The van der Waals surface area contributed by atoms with Gasteiger partial charge in [-0.25, -0.2) is 0 Å². The second kappa shape index (κ2) is 3.92. The molecule has 1 atom stereocenters. The highest BCUT2D eigenvalue weighted by Gasteiger charge is 2.54. The highest BCUT2D eigenvalue weighted by Crippen LogP contribution is 2.57. The van der Waals surface area contributed by atoms with E-state index in [1.807, 2.05) is 12.2 Å². The molecule has 16 heavy (non-hydrogen) atoms. The van der Waals surface area contributed by atoms with Crippen LogP contribution in [0.4, 0.5) is 0 Å². The maximum atomic E-state index is 10.6. The van der Waals surface area contributed by atoms with E-state index in [9.17, 15) is 5.11 Å². The predicted molar refractivity (Wildman–Crippen MR) is 73.6 cm³/mol. The van der Waals surface area contributed by atoms with E-state index in [1.54, 1.807) is 0 Å². The van der Waals surface area contributed by atoms with Gasteiger partial charge in [0, 0.05) is 10.3 Å². The molecule has 1 aliphatic carbocycles. The molecule has 0 aromatic heterocycles. The number of aliphatic hydroxyl groups is 1. The zero-order valence-electron chi connectivity index (χ0n) is 11.2. The second-order valence-electron chi connectivity index (χ2n) is 6.72. The molecule has 1 aliphatic rings. The first-order chi connectivity index (χ1) is 7.04. The lowest BCUT2D eigenvalue weighted by Crippen LogP contribution is -2.54. The van der Waals surface area contributed by atoms with Crippen LogP contribution in [0.25, 0.3) is 0 Å². The predicted octanol–water partition coefficient (Wildman–Crippen LogP) is 3.81. The van der Waals surface area contributed by atoms with E-state index in [-0.39, 0.29) is 16.2 Å². The summed E-state index contributed by atoms with van der Waals surface area (Å²) in [5.41, 5.74) is -0.335. The largest absolute Gasteiger partial charge is 0.387 e. The Morgan fingerprint density at radius 2 is 1.56 bits per heavy atom. The number of thiol groups is 1. The minimum atomic E-state index is -0.527. The molecule has 0 heterocycles. The third-order valence-corrected chi connectivity index (χ3v) is 4.21. The Morgan fingerprint density at radius 3 is 1.88 bits per heavy atom. The van der Waals surface area contributed by atoms with E-state index in [4.69, 9.17) is 0 Å². The van der Waals surface area contributed by atoms with Gasteiger partial charge in [-0.1, -0.05) is 59.8 Å². The lowest BCUT2D eigenvalue weighted by Gasteiger charge is -2.55. The summed E-state index contributed by atoms with van der Waals surface area (Å²) in [7, 11) is 0. The molecule has 1 unspecified atom stereocenters. The molecule has 0 spiro atoms. The van der Waals surface area contributed by atoms with Gasteiger partial charge in [-0.3, -0.25) is 0 Å². The molecule has 0 aromatic carbocycles. The summed E-state index contributed by atoms with van der Waals surface area (Å²) in [6.45, 7) is 13.1. The Balaban J connectivity index is 3.40. The first kappa shape index (κ1) is 13.9. The molecular formula is C14H24OS. The Hall–Kier alpha value is -0.210. The molecule has 0 aromatic rings. The van der Waals surface area contributed by atoms with Crippen molar-refractivity contribution in [3.8, 4) is 0 Å². The van der Waals surface area contributed by atoms with Gasteiger partial charge in [0.05, 0.1) is 6.10 Å². The maximum absolute atomic E-state index is 10.6. The van der Waals surface area contributed by atoms with Crippen LogP contribution in [-0.4, -0.2) is 11.2 Å². The SMILES string of the molecule is CC(C)(C)C1(C(C)(C)C)C=CC=C(S)C1O. The van der Waals surface area contributed by atoms with E-state index < -0.39 is 6.10 Å². The average Bonchev–Trinajstić information content (AvgIpc) is 2.05. The van der Waals surface area contributed by atoms with Crippen molar-refractivity contribution < 1.29 is 5.11 Å². The van der Waals surface area contributed by atoms with Crippen LogP contribution in [0.2, 0.25) is 0 Å². The van der Waals surface area contributed by atoms with Crippen molar-refractivity contribution >= 4 is 12.6 Å². The fraction of sp³-hybridized carbons (Fsp3) is 0.714. The van der Waals surface area contributed by atoms with E-state index in [2.05, 4.69) is 60.2 Å². The lowest BCUT2D eigenvalue weighted by molar-refractivity contribution is -0.0720. The maximum Gasteiger partial charge on any atom is 0.0946 e. The molecule has 0 aliphatic heterocycles. The van der Waals surface area contributed by atoms with Crippen molar-refractivity contribution in [3.05, 3.63) is 23.1 Å². The quantitative estimate of drug-likeness (QED) is 0.617. The minimum absolute atomic E-state index is 0.0244. The van der Waals surface area contributed by atoms with Crippen LogP contribution in [0.3, 0.4) is 0 Å². The molecule has 0 radical (unpaired) electrons. The summed E-state index contributed by atoms with van der Waals surface area (Å²) in [6, 6.07) is 0. The highest BCUT2D eigenvalue weighted by molar-refractivity contribution is 7.84. The van der Waals surface area contributed by atoms with Crippen molar-refractivity contribution in [3.63, 3.8) is 0 Å². The molecule has 1 N–H and O–H groups in total. The molecule has 2 heteroatoms. The van der Waals surface area contributed by atoms with Crippen LogP contribution in [0.15, 0.2) is 23.1 Å². The number of rotatable bonds is 0. The van der Waals surface area contributed by atoms with Gasteiger partial charge in [0.2, 0.25) is 0 Å². The van der Waals surface area contributed by atoms with E-state index >= 15 is 0 Å². The Labute approximate surface area is 105 Å². The number of allylic oxidation sites excluding steroid dienone is 2. The van der Waals surface area contributed by atoms with Gasteiger partial charge >= 0.3 is 0 Å². The van der Waals surface area contributed by atoms with Crippen LogP contribution >= 0.6 is 12.6 Å². The van der Waals surface area contributed by atoms with E-state index in [0.717, 1.165) is 4.91 Å². The highest BCUT2D eigenvalue weighted by atomic mass is 32.1. The molecule has 0 saturated heterocycles. The molecule has 0 bridgehead atoms.